The molecule has 0 spiro atoms. The van der Waals surface area contributed by atoms with Crippen molar-refractivity contribution in [2.45, 2.75) is 29.5 Å². The molecule has 2 aliphatic heterocycles. The Morgan fingerprint density at radius 2 is 2.07 bits per heavy atom. The SMILES string of the molecule is Cc1cc(NC(=O)COC(=O)[C@]23CCC(=O)N2c2ccccc2S3)ccc1Br. The number of hydrogen-bond acceptors (Lipinski definition) is 5. The maximum Gasteiger partial charge on any atom is 0.344 e. The fourth-order valence-corrected chi connectivity index (χ4v) is 5.09. The zero-order valence-corrected chi connectivity index (χ0v) is 17.4. The smallest absolute Gasteiger partial charge is 0.344 e. The Labute approximate surface area is 174 Å². The van der Waals surface area contributed by atoms with Crippen molar-refractivity contribution in [2.24, 2.45) is 0 Å². The third kappa shape index (κ3) is 3.20. The van der Waals surface area contributed by atoms with Gasteiger partial charge in [-0.05, 0) is 42.8 Å². The minimum Gasteiger partial charge on any atom is -0.453 e. The van der Waals surface area contributed by atoms with Gasteiger partial charge in [-0.3, -0.25) is 14.5 Å². The molecule has 0 radical (unpaired) electrons. The van der Waals surface area contributed by atoms with Crippen LogP contribution in [0.2, 0.25) is 0 Å². The average molecular weight is 461 g/mol. The lowest BCUT2D eigenvalue weighted by molar-refractivity contribution is -0.149. The molecule has 8 heteroatoms. The number of aryl methyl sites for hydroxylation is 1. The quantitative estimate of drug-likeness (QED) is 0.700. The molecule has 1 N–H and O–H groups in total. The number of benzene rings is 2. The van der Waals surface area contributed by atoms with Gasteiger partial charge in [0, 0.05) is 27.9 Å². The van der Waals surface area contributed by atoms with Crippen LogP contribution in [0.1, 0.15) is 18.4 Å². The van der Waals surface area contributed by atoms with Crippen LogP contribution >= 0.6 is 27.7 Å². The first-order valence-electron chi connectivity index (χ1n) is 8.75. The number of nitrogens with zero attached hydrogens (tertiary/aromatic N) is 1. The fraction of sp³-hybridized carbons (Fsp3) is 0.250. The Balaban J connectivity index is 1.44. The van der Waals surface area contributed by atoms with Gasteiger partial charge in [0.25, 0.3) is 5.91 Å². The molecule has 2 aromatic carbocycles. The molecule has 144 valence electrons. The van der Waals surface area contributed by atoms with Gasteiger partial charge in [-0.25, -0.2) is 4.79 Å². The van der Waals surface area contributed by atoms with E-state index in [9.17, 15) is 14.4 Å². The molecule has 2 amide bonds. The topological polar surface area (TPSA) is 75.7 Å². The molecule has 2 heterocycles. The standard InChI is InChI=1S/C20H17BrN2O4S/c1-12-10-13(6-7-14(12)21)22-17(24)11-27-19(26)20-9-8-18(25)23(20)15-4-2-3-5-16(15)28-20/h2-7,10H,8-9,11H2,1H3,(H,22,24)/t20-/m1/s1. The van der Waals surface area contributed by atoms with Crippen molar-refractivity contribution < 1.29 is 19.1 Å². The predicted octanol–water partition coefficient (Wildman–Crippen LogP) is 3.87. The molecule has 1 atom stereocenters. The van der Waals surface area contributed by atoms with E-state index < -0.39 is 23.4 Å². The molecule has 1 fully saturated rings. The van der Waals surface area contributed by atoms with Crippen LogP contribution in [0.4, 0.5) is 11.4 Å². The van der Waals surface area contributed by atoms with Crippen LogP contribution < -0.4 is 10.2 Å². The zero-order chi connectivity index (χ0) is 19.9. The summed E-state index contributed by atoms with van der Waals surface area (Å²) in [5, 5.41) is 2.71. The Morgan fingerprint density at radius 3 is 2.86 bits per heavy atom. The lowest BCUT2D eigenvalue weighted by atomic mass is 10.2. The van der Waals surface area contributed by atoms with Gasteiger partial charge in [-0.15, -0.1) is 0 Å². The summed E-state index contributed by atoms with van der Waals surface area (Å²) >= 11 is 4.73. The van der Waals surface area contributed by atoms with Gasteiger partial charge in [-0.1, -0.05) is 39.8 Å². The molecule has 0 aliphatic carbocycles. The molecule has 28 heavy (non-hydrogen) atoms. The van der Waals surface area contributed by atoms with E-state index in [0.29, 0.717) is 12.1 Å². The summed E-state index contributed by atoms with van der Waals surface area (Å²) in [6.07, 6.45) is 0.637. The van der Waals surface area contributed by atoms with Crippen LogP contribution in [0.25, 0.3) is 0 Å². The molecule has 6 nitrogen and oxygen atoms in total. The van der Waals surface area contributed by atoms with E-state index in [2.05, 4.69) is 21.2 Å². The molecular formula is C20H17BrN2O4S. The number of amides is 2. The van der Waals surface area contributed by atoms with Gasteiger partial charge in [0.15, 0.2) is 11.5 Å². The number of para-hydroxylation sites is 1. The van der Waals surface area contributed by atoms with Crippen molar-refractivity contribution in [3.05, 3.63) is 52.5 Å². The number of nitrogens with one attached hydrogen (secondary N) is 1. The number of fused-ring (bicyclic) bond motifs is 3. The first-order chi connectivity index (χ1) is 13.4. The summed E-state index contributed by atoms with van der Waals surface area (Å²) in [4.78, 5) is 38.8. The number of carbonyl (C=O) groups excluding carboxylic acids is 3. The van der Waals surface area contributed by atoms with E-state index in [-0.39, 0.29) is 12.3 Å². The number of thioether (sulfide) groups is 1. The molecule has 0 unspecified atom stereocenters. The Hall–Kier alpha value is -2.32. The van der Waals surface area contributed by atoms with Crippen LogP contribution in [0.15, 0.2) is 51.8 Å². The maximum atomic E-state index is 12.9. The zero-order valence-electron chi connectivity index (χ0n) is 15.0. The van der Waals surface area contributed by atoms with E-state index in [1.807, 2.05) is 43.3 Å². The number of carbonyl (C=O) groups is 3. The van der Waals surface area contributed by atoms with Crippen molar-refractivity contribution in [1.29, 1.82) is 0 Å². The second-order valence-electron chi connectivity index (χ2n) is 6.67. The fourth-order valence-electron chi connectivity index (χ4n) is 3.44. The molecule has 0 aromatic heterocycles. The molecule has 0 saturated carbocycles. The van der Waals surface area contributed by atoms with Crippen LogP contribution in [0.3, 0.4) is 0 Å². The summed E-state index contributed by atoms with van der Waals surface area (Å²) in [5.41, 5.74) is 2.33. The van der Waals surface area contributed by atoms with E-state index in [0.717, 1.165) is 20.6 Å². The Bertz CT molecular complexity index is 996. The number of halogens is 1. The highest BCUT2D eigenvalue weighted by molar-refractivity contribution is 9.10. The Kier molecular flexibility index (Phi) is 4.93. The summed E-state index contributed by atoms with van der Waals surface area (Å²) in [7, 11) is 0. The third-order valence-corrected chi connectivity index (χ3v) is 7.11. The summed E-state index contributed by atoms with van der Waals surface area (Å²) in [6, 6.07) is 12.8. The number of esters is 1. The number of ether oxygens (including phenoxy) is 1. The second kappa shape index (κ2) is 7.25. The number of anilines is 2. The molecule has 4 rings (SSSR count). The van der Waals surface area contributed by atoms with Gasteiger partial charge in [0.2, 0.25) is 5.91 Å². The van der Waals surface area contributed by atoms with Crippen LogP contribution in [-0.2, 0) is 19.1 Å². The lowest BCUT2D eigenvalue weighted by Crippen LogP contribution is -2.48. The van der Waals surface area contributed by atoms with Crippen LogP contribution in [0, 0.1) is 6.92 Å². The first-order valence-corrected chi connectivity index (χ1v) is 10.4. The summed E-state index contributed by atoms with van der Waals surface area (Å²) < 4.78 is 6.27. The van der Waals surface area contributed by atoms with E-state index in [1.54, 1.807) is 6.07 Å². The normalized spacial score (nSPS) is 19.9. The Morgan fingerprint density at radius 1 is 1.29 bits per heavy atom. The number of hydrogen-bond donors (Lipinski definition) is 1. The molecule has 1 saturated heterocycles. The van der Waals surface area contributed by atoms with Gasteiger partial charge >= 0.3 is 5.97 Å². The first kappa shape index (κ1) is 19.0. The van der Waals surface area contributed by atoms with Crippen LogP contribution in [0.5, 0.6) is 0 Å². The molecule has 2 aliphatic rings. The maximum absolute atomic E-state index is 12.9. The second-order valence-corrected chi connectivity index (χ2v) is 8.85. The highest BCUT2D eigenvalue weighted by Crippen LogP contribution is 2.56. The van der Waals surface area contributed by atoms with Gasteiger partial charge in [0.05, 0.1) is 5.69 Å². The highest BCUT2D eigenvalue weighted by Gasteiger charge is 2.58. The van der Waals surface area contributed by atoms with Gasteiger partial charge in [-0.2, -0.15) is 0 Å². The molecule has 2 aromatic rings. The van der Waals surface area contributed by atoms with E-state index in [1.165, 1.54) is 16.7 Å². The largest absolute Gasteiger partial charge is 0.453 e. The summed E-state index contributed by atoms with van der Waals surface area (Å²) in [6.45, 7) is 1.51. The summed E-state index contributed by atoms with van der Waals surface area (Å²) in [5.74, 6) is -1.10. The van der Waals surface area contributed by atoms with E-state index >= 15 is 0 Å². The van der Waals surface area contributed by atoms with Crippen molar-refractivity contribution in [3.63, 3.8) is 0 Å². The highest BCUT2D eigenvalue weighted by atomic mass is 79.9. The van der Waals surface area contributed by atoms with E-state index in [4.69, 9.17) is 4.74 Å². The van der Waals surface area contributed by atoms with Crippen molar-refractivity contribution >= 4 is 56.9 Å². The predicted molar refractivity (Wildman–Crippen MR) is 110 cm³/mol. The minimum atomic E-state index is -1.12. The van der Waals surface area contributed by atoms with Gasteiger partial charge < -0.3 is 10.1 Å². The monoisotopic (exact) mass is 460 g/mol. The van der Waals surface area contributed by atoms with Crippen molar-refractivity contribution in [3.8, 4) is 0 Å². The van der Waals surface area contributed by atoms with Crippen molar-refractivity contribution in [1.82, 2.24) is 0 Å². The molecular weight excluding hydrogens is 444 g/mol. The van der Waals surface area contributed by atoms with Crippen molar-refractivity contribution in [2.75, 3.05) is 16.8 Å². The van der Waals surface area contributed by atoms with Crippen LogP contribution in [-0.4, -0.2) is 29.3 Å². The molecule has 0 bridgehead atoms. The lowest BCUT2D eigenvalue weighted by Gasteiger charge is -2.28. The third-order valence-electron chi connectivity index (χ3n) is 4.77. The minimum absolute atomic E-state index is 0.107. The number of rotatable bonds is 4. The average Bonchev–Trinajstić information content (AvgIpc) is 3.18. The van der Waals surface area contributed by atoms with Gasteiger partial charge in [0.1, 0.15) is 0 Å².